The number of aromatic carboxylic acids is 1. The number of carboxylic acids is 1. The molecule has 0 atom stereocenters. The van der Waals surface area contributed by atoms with Crippen LogP contribution in [0.2, 0.25) is 0 Å². The number of nitrogens with zero attached hydrogens (tertiary/aromatic N) is 1. The Morgan fingerprint density at radius 3 is 2.45 bits per heavy atom. The molecule has 162 valence electrons. The Morgan fingerprint density at radius 2 is 1.84 bits per heavy atom. The van der Waals surface area contributed by atoms with Gasteiger partial charge in [0.05, 0.1) is 5.56 Å². The Hall–Kier alpha value is -3.82. The maximum atomic E-state index is 13.0. The van der Waals surface area contributed by atoms with Crippen molar-refractivity contribution in [2.24, 2.45) is 0 Å². The van der Waals surface area contributed by atoms with Gasteiger partial charge in [0.25, 0.3) is 11.5 Å². The largest absolute Gasteiger partial charge is 0.542 e. The van der Waals surface area contributed by atoms with Crippen LogP contribution in [0.3, 0.4) is 0 Å². The molecule has 0 radical (unpaired) electrons. The maximum Gasteiger partial charge on any atom is 0.416 e. The number of aromatic nitrogens is 1. The Morgan fingerprint density at radius 1 is 1.13 bits per heavy atom. The summed E-state index contributed by atoms with van der Waals surface area (Å²) in [4.78, 5) is 36.3. The number of hydrogen-bond donors (Lipinski definition) is 1. The zero-order valence-corrected chi connectivity index (χ0v) is 16.4. The summed E-state index contributed by atoms with van der Waals surface area (Å²) in [6, 6.07) is 8.12. The topological polar surface area (TPSA) is 104 Å². The van der Waals surface area contributed by atoms with Gasteiger partial charge in [0, 0.05) is 23.5 Å². The van der Waals surface area contributed by atoms with E-state index in [0.29, 0.717) is 11.3 Å². The first-order valence-corrected chi connectivity index (χ1v) is 8.98. The lowest BCUT2D eigenvalue weighted by atomic mass is 10.1. The highest BCUT2D eigenvalue weighted by molar-refractivity contribution is 5.94. The molecule has 0 bridgehead atoms. The van der Waals surface area contributed by atoms with Gasteiger partial charge in [0.15, 0.2) is 0 Å². The molecule has 1 N–H and O–H groups in total. The Balaban J connectivity index is 1.91. The summed E-state index contributed by atoms with van der Waals surface area (Å²) >= 11 is 0. The van der Waals surface area contributed by atoms with Crippen LogP contribution < -0.4 is 16.0 Å². The lowest BCUT2D eigenvalue weighted by Gasteiger charge is -2.14. The number of nitrogens with one attached hydrogen (secondary N) is 1. The number of pyridine rings is 1. The molecule has 0 aliphatic carbocycles. The first-order valence-electron chi connectivity index (χ1n) is 8.98. The molecule has 3 rings (SSSR count). The first-order chi connectivity index (χ1) is 14.5. The van der Waals surface area contributed by atoms with Crippen molar-refractivity contribution in [2.45, 2.75) is 26.6 Å². The highest BCUT2D eigenvalue weighted by atomic mass is 19.4. The van der Waals surface area contributed by atoms with Gasteiger partial charge in [-0.1, -0.05) is 6.07 Å². The molecule has 0 spiro atoms. The number of alkyl halides is 3. The fourth-order valence-corrected chi connectivity index (χ4v) is 3.01. The van der Waals surface area contributed by atoms with Gasteiger partial charge in [-0.3, -0.25) is 14.2 Å². The van der Waals surface area contributed by atoms with Crippen LogP contribution in [0.1, 0.15) is 43.5 Å². The molecule has 1 amide bonds. The van der Waals surface area contributed by atoms with Crippen molar-refractivity contribution < 1.29 is 32.3 Å². The third kappa shape index (κ3) is 4.52. The monoisotopic (exact) mass is 433 g/mol. The number of carboxylic acid groups (broad SMARTS) is 1. The van der Waals surface area contributed by atoms with Crippen molar-refractivity contribution in [3.63, 3.8) is 0 Å². The second kappa shape index (κ2) is 8.13. The van der Waals surface area contributed by atoms with Crippen LogP contribution in [0.4, 0.5) is 13.2 Å². The quantitative estimate of drug-likeness (QED) is 0.665. The summed E-state index contributed by atoms with van der Waals surface area (Å²) < 4.78 is 45.1. The standard InChI is InChI=1S/C21H17F3N2O5/c1-11-6-7-16(18(27)25-10-13-8-17(20(29)30)31-12(13)2)19(28)26(11)15-5-3-4-14(9-15)21(22,23)24/h3-9H,10H2,1-2H3,(H,25,27)(H,29,30)/p-1. The summed E-state index contributed by atoms with van der Waals surface area (Å²) in [6.45, 7) is 2.90. The molecule has 3 aromatic rings. The molecule has 2 heterocycles. The van der Waals surface area contributed by atoms with Gasteiger partial charge in [-0.05, 0) is 50.2 Å². The Kier molecular flexibility index (Phi) is 5.74. The van der Waals surface area contributed by atoms with Crippen molar-refractivity contribution in [3.05, 3.63) is 86.7 Å². The molecule has 10 heteroatoms. The molecule has 0 fully saturated rings. The second-order valence-electron chi connectivity index (χ2n) is 6.74. The van der Waals surface area contributed by atoms with E-state index in [1.54, 1.807) is 0 Å². The normalized spacial score (nSPS) is 11.4. The van der Waals surface area contributed by atoms with E-state index < -0.39 is 34.9 Å². The van der Waals surface area contributed by atoms with E-state index in [4.69, 9.17) is 4.42 Å². The van der Waals surface area contributed by atoms with Crippen LogP contribution in [0, 0.1) is 13.8 Å². The molecule has 31 heavy (non-hydrogen) atoms. The van der Waals surface area contributed by atoms with Crippen LogP contribution in [-0.4, -0.2) is 16.4 Å². The van der Waals surface area contributed by atoms with Crippen molar-refractivity contribution >= 4 is 11.9 Å². The van der Waals surface area contributed by atoms with Crippen molar-refractivity contribution in [1.82, 2.24) is 9.88 Å². The molecular weight excluding hydrogens is 417 g/mol. The van der Waals surface area contributed by atoms with Crippen LogP contribution >= 0.6 is 0 Å². The minimum atomic E-state index is -4.59. The molecule has 1 aromatic carbocycles. The number of carbonyl (C=O) groups is 2. The molecular formula is C21H16F3N2O5-. The highest BCUT2D eigenvalue weighted by Crippen LogP contribution is 2.30. The summed E-state index contributed by atoms with van der Waals surface area (Å²) in [6.07, 6.45) is -4.59. The highest BCUT2D eigenvalue weighted by Gasteiger charge is 2.30. The van der Waals surface area contributed by atoms with Gasteiger partial charge in [0.2, 0.25) is 0 Å². The van der Waals surface area contributed by atoms with Crippen molar-refractivity contribution in [2.75, 3.05) is 0 Å². The van der Waals surface area contributed by atoms with Gasteiger partial charge in [0.1, 0.15) is 23.1 Å². The van der Waals surface area contributed by atoms with E-state index in [1.165, 1.54) is 44.2 Å². The first kappa shape index (κ1) is 21.9. The predicted molar refractivity (Wildman–Crippen MR) is 101 cm³/mol. The third-order valence-electron chi connectivity index (χ3n) is 4.61. The minimum Gasteiger partial charge on any atom is -0.542 e. The van der Waals surface area contributed by atoms with Crippen LogP contribution in [0.25, 0.3) is 5.69 Å². The van der Waals surface area contributed by atoms with Gasteiger partial charge in [-0.25, -0.2) is 0 Å². The smallest absolute Gasteiger partial charge is 0.416 e. The third-order valence-corrected chi connectivity index (χ3v) is 4.61. The number of hydrogen-bond acceptors (Lipinski definition) is 5. The van der Waals surface area contributed by atoms with Gasteiger partial charge in [-0.15, -0.1) is 0 Å². The number of carbonyl (C=O) groups excluding carboxylic acids is 2. The molecule has 0 saturated heterocycles. The minimum absolute atomic E-state index is 0.0312. The van der Waals surface area contributed by atoms with Crippen LogP contribution in [0.15, 0.2) is 51.7 Å². The van der Waals surface area contributed by atoms with Gasteiger partial charge >= 0.3 is 6.18 Å². The predicted octanol–water partition coefficient (Wildman–Crippen LogP) is 2.36. The number of halogens is 3. The van der Waals surface area contributed by atoms with E-state index in [9.17, 15) is 32.7 Å². The van der Waals surface area contributed by atoms with Crippen molar-refractivity contribution in [1.29, 1.82) is 0 Å². The summed E-state index contributed by atoms with van der Waals surface area (Å²) in [7, 11) is 0. The molecule has 0 aliphatic heterocycles. The van der Waals surface area contributed by atoms with Gasteiger partial charge < -0.3 is 19.6 Å². The lowest BCUT2D eigenvalue weighted by Crippen LogP contribution is -2.33. The summed E-state index contributed by atoms with van der Waals surface area (Å²) in [5, 5.41) is 13.3. The molecule has 2 aromatic heterocycles. The van der Waals surface area contributed by atoms with E-state index in [1.807, 2.05) is 0 Å². The van der Waals surface area contributed by atoms with Crippen LogP contribution in [0.5, 0.6) is 0 Å². The fourth-order valence-electron chi connectivity index (χ4n) is 3.01. The van der Waals surface area contributed by atoms with E-state index in [0.717, 1.165) is 16.7 Å². The number of benzene rings is 1. The average molecular weight is 433 g/mol. The number of aryl methyl sites for hydroxylation is 2. The number of furan rings is 1. The van der Waals surface area contributed by atoms with E-state index in [-0.39, 0.29) is 23.6 Å². The Labute approximate surface area is 173 Å². The summed E-state index contributed by atoms with van der Waals surface area (Å²) in [5.74, 6) is -2.43. The zero-order chi connectivity index (χ0) is 22.9. The SMILES string of the molecule is Cc1oc(C(=O)[O-])cc1CNC(=O)c1ccc(C)n(-c2cccc(C(F)(F)F)c2)c1=O. The average Bonchev–Trinajstić information content (AvgIpc) is 3.07. The van der Waals surface area contributed by atoms with E-state index in [2.05, 4.69) is 5.32 Å². The maximum absolute atomic E-state index is 13.0. The van der Waals surface area contributed by atoms with Gasteiger partial charge in [-0.2, -0.15) is 13.2 Å². The number of rotatable bonds is 5. The fraction of sp³-hybridized carbons (Fsp3) is 0.190. The zero-order valence-electron chi connectivity index (χ0n) is 16.4. The number of amides is 1. The summed E-state index contributed by atoms with van der Waals surface area (Å²) in [5.41, 5.74) is -1.33. The second-order valence-corrected chi connectivity index (χ2v) is 6.74. The molecule has 0 unspecified atom stereocenters. The molecule has 0 saturated carbocycles. The van der Waals surface area contributed by atoms with Crippen LogP contribution in [-0.2, 0) is 12.7 Å². The molecule has 0 aliphatic rings. The molecule has 7 nitrogen and oxygen atoms in total. The van der Waals surface area contributed by atoms with Crippen molar-refractivity contribution in [3.8, 4) is 5.69 Å². The lowest BCUT2D eigenvalue weighted by molar-refractivity contribution is -0.257. The Bertz CT molecular complexity index is 1220. The van der Waals surface area contributed by atoms with E-state index >= 15 is 0 Å².